The van der Waals surface area contributed by atoms with E-state index in [1.165, 1.54) is 12.1 Å². The Kier molecular flexibility index (Phi) is 3.51. The van der Waals surface area contributed by atoms with Gasteiger partial charge in [0.15, 0.2) is 11.6 Å². The molecule has 4 heteroatoms. The minimum atomic E-state index is -0.781. The van der Waals surface area contributed by atoms with Crippen LogP contribution in [0.5, 0.6) is 0 Å². The molecule has 1 atom stereocenters. The zero-order valence-corrected chi connectivity index (χ0v) is 9.34. The van der Waals surface area contributed by atoms with Crippen LogP contribution in [0.4, 0.5) is 8.78 Å². The molecule has 1 aromatic rings. The maximum Gasteiger partial charge on any atom is 0.159 e. The first kappa shape index (κ1) is 11.5. The van der Waals surface area contributed by atoms with Crippen molar-refractivity contribution in [3.8, 4) is 0 Å². The molecule has 1 heterocycles. The second-order valence-electron chi connectivity index (χ2n) is 4.14. The number of nitrogens with zero attached hydrogens (tertiary/aromatic N) is 1. The molecular formula is C12H16F2N2. The van der Waals surface area contributed by atoms with Gasteiger partial charge in [-0.15, -0.1) is 0 Å². The van der Waals surface area contributed by atoms with E-state index in [1.807, 2.05) is 6.92 Å². The van der Waals surface area contributed by atoms with E-state index in [-0.39, 0.29) is 6.04 Å². The number of halogens is 2. The lowest BCUT2D eigenvalue weighted by Gasteiger charge is -2.33. The van der Waals surface area contributed by atoms with E-state index < -0.39 is 11.6 Å². The summed E-state index contributed by atoms with van der Waals surface area (Å²) in [5, 5.41) is 3.27. The Morgan fingerprint density at radius 3 is 2.50 bits per heavy atom. The summed E-state index contributed by atoms with van der Waals surface area (Å²) in [5.41, 5.74) is 0.834. The fraction of sp³-hybridized carbons (Fsp3) is 0.500. The molecule has 1 aliphatic rings. The zero-order chi connectivity index (χ0) is 11.5. The number of hydrogen-bond donors (Lipinski definition) is 1. The van der Waals surface area contributed by atoms with E-state index in [0.717, 1.165) is 31.7 Å². The van der Waals surface area contributed by atoms with Crippen molar-refractivity contribution < 1.29 is 8.78 Å². The van der Waals surface area contributed by atoms with Crippen molar-refractivity contribution in [1.82, 2.24) is 10.2 Å². The van der Waals surface area contributed by atoms with E-state index in [0.29, 0.717) is 0 Å². The van der Waals surface area contributed by atoms with Gasteiger partial charge in [0.1, 0.15) is 0 Å². The van der Waals surface area contributed by atoms with Crippen LogP contribution >= 0.6 is 0 Å². The third-order valence-electron chi connectivity index (χ3n) is 3.13. The lowest BCUT2D eigenvalue weighted by molar-refractivity contribution is 0.185. The van der Waals surface area contributed by atoms with E-state index in [9.17, 15) is 8.78 Å². The van der Waals surface area contributed by atoms with Crippen LogP contribution in [0, 0.1) is 11.6 Å². The predicted molar refractivity (Wildman–Crippen MR) is 59.2 cm³/mol. The van der Waals surface area contributed by atoms with Gasteiger partial charge in [0.2, 0.25) is 0 Å². The average Bonchev–Trinajstić information content (AvgIpc) is 2.33. The highest BCUT2D eigenvalue weighted by Gasteiger charge is 2.18. The molecule has 0 bridgehead atoms. The third-order valence-corrected chi connectivity index (χ3v) is 3.13. The molecule has 0 spiro atoms. The molecule has 1 N–H and O–H groups in total. The summed E-state index contributed by atoms with van der Waals surface area (Å²) >= 11 is 0. The van der Waals surface area contributed by atoms with E-state index >= 15 is 0 Å². The van der Waals surface area contributed by atoms with E-state index in [4.69, 9.17) is 0 Å². The van der Waals surface area contributed by atoms with Crippen LogP contribution in [-0.2, 0) is 0 Å². The van der Waals surface area contributed by atoms with Crippen molar-refractivity contribution in [2.75, 3.05) is 26.2 Å². The molecule has 0 radical (unpaired) electrons. The van der Waals surface area contributed by atoms with Gasteiger partial charge in [-0.05, 0) is 24.6 Å². The van der Waals surface area contributed by atoms with E-state index in [2.05, 4.69) is 10.2 Å². The van der Waals surface area contributed by atoms with Crippen LogP contribution in [-0.4, -0.2) is 31.1 Å². The summed E-state index contributed by atoms with van der Waals surface area (Å²) in [4.78, 5) is 2.27. The number of rotatable bonds is 2. The van der Waals surface area contributed by atoms with Crippen molar-refractivity contribution in [3.05, 3.63) is 35.4 Å². The molecule has 88 valence electrons. The smallest absolute Gasteiger partial charge is 0.159 e. The molecule has 0 amide bonds. The fourth-order valence-corrected chi connectivity index (χ4v) is 2.05. The summed E-state index contributed by atoms with van der Waals surface area (Å²) in [6, 6.07) is 4.29. The van der Waals surface area contributed by atoms with Crippen LogP contribution in [0.3, 0.4) is 0 Å². The van der Waals surface area contributed by atoms with Crippen molar-refractivity contribution in [2.24, 2.45) is 0 Å². The highest BCUT2D eigenvalue weighted by Crippen LogP contribution is 2.22. The summed E-state index contributed by atoms with van der Waals surface area (Å²) in [7, 11) is 0. The first-order valence-electron chi connectivity index (χ1n) is 5.58. The number of nitrogens with one attached hydrogen (secondary N) is 1. The lowest BCUT2D eigenvalue weighted by Crippen LogP contribution is -2.44. The summed E-state index contributed by atoms with van der Waals surface area (Å²) in [6.45, 7) is 5.82. The normalized spacial score (nSPS) is 19.7. The topological polar surface area (TPSA) is 15.3 Å². The molecule has 16 heavy (non-hydrogen) atoms. The minimum absolute atomic E-state index is 0.136. The maximum absolute atomic E-state index is 13.1. The molecule has 2 rings (SSSR count). The van der Waals surface area contributed by atoms with Gasteiger partial charge in [-0.2, -0.15) is 0 Å². The Balaban J connectivity index is 2.12. The second kappa shape index (κ2) is 4.89. The van der Waals surface area contributed by atoms with Gasteiger partial charge in [0, 0.05) is 32.2 Å². The summed E-state index contributed by atoms with van der Waals surface area (Å²) < 4.78 is 25.9. The van der Waals surface area contributed by atoms with Crippen LogP contribution in [0.1, 0.15) is 18.5 Å². The fourth-order valence-electron chi connectivity index (χ4n) is 2.05. The van der Waals surface area contributed by atoms with Crippen molar-refractivity contribution in [3.63, 3.8) is 0 Å². The van der Waals surface area contributed by atoms with Crippen LogP contribution in [0.25, 0.3) is 0 Å². The van der Waals surface area contributed by atoms with Gasteiger partial charge in [-0.1, -0.05) is 6.07 Å². The molecular weight excluding hydrogens is 210 g/mol. The minimum Gasteiger partial charge on any atom is -0.314 e. The van der Waals surface area contributed by atoms with Crippen LogP contribution < -0.4 is 5.32 Å². The highest BCUT2D eigenvalue weighted by atomic mass is 19.2. The SMILES string of the molecule is C[C@H](c1ccc(F)c(F)c1)N1CCNCC1. The van der Waals surface area contributed by atoms with E-state index in [1.54, 1.807) is 6.07 Å². The summed E-state index contributed by atoms with van der Waals surface area (Å²) in [5.74, 6) is -1.55. The molecule has 1 saturated heterocycles. The Bertz CT molecular complexity index is 362. The summed E-state index contributed by atoms with van der Waals surface area (Å²) in [6.07, 6.45) is 0. The molecule has 0 unspecified atom stereocenters. The molecule has 0 saturated carbocycles. The zero-order valence-electron chi connectivity index (χ0n) is 9.34. The standard InChI is InChI=1S/C12H16F2N2/c1-9(16-6-4-15-5-7-16)10-2-3-11(13)12(14)8-10/h2-3,8-9,15H,4-7H2,1H3/t9-/m1/s1. The van der Waals surface area contributed by atoms with Gasteiger partial charge in [0.25, 0.3) is 0 Å². The van der Waals surface area contributed by atoms with Crippen molar-refractivity contribution in [2.45, 2.75) is 13.0 Å². The third kappa shape index (κ3) is 2.39. The van der Waals surface area contributed by atoms with Gasteiger partial charge in [-0.3, -0.25) is 4.90 Å². The quantitative estimate of drug-likeness (QED) is 0.829. The molecule has 0 aromatic heterocycles. The van der Waals surface area contributed by atoms with Gasteiger partial charge in [-0.25, -0.2) is 8.78 Å². The van der Waals surface area contributed by atoms with Gasteiger partial charge >= 0.3 is 0 Å². The predicted octanol–water partition coefficient (Wildman–Crippen LogP) is 1.93. The Labute approximate surface area is 94.3 Å². The second-order valence-corrected chi connectivity index (χ2v) is 4.14. The Morgan fingerprint density at radius 1 is 1.19 bits per heavy atom. The van der Waals surface area contributed by atoms with Crippen LogP contribution in [0.15, 0.2) is 18.2 Å². The van der Waals surface area contributed by atoms with Gasteiger partial charge < -0.3 is 5.32 Å². The monoisotopic (exact) mass is 226 g/mol. The number of hydrogen-bond acceptors (Lipinski definition) is 2. The first-order valence-corrected chi connectivity index (χ1v) is 5.58. The van der Waals surface area contributed by atoms with Crippen molar-refractivity contribution >= 4 is 0 Å². The Hall–Kier alpha value is -1.00. The molecule has 2 nitrogen and oxygen atoms in total. The largest absolute Gasteiger partial charge is 0.314 e. The molecule has 1 fully saturated rings. The number of piperazine rings is 1. The lowest BCUT2D eigenvalue weighted by atomic mass is 10.1. The van der Waals surface area contributed by atoms with Crippen molar-refractivity contribution in [1.29, 1.82) is 0 Å². The number of benzene rings is 1. The Morgan fingerprint density at radius 2 is 1.88 bits per heavy atom. The molecule has 1 aliphatic heterocycles. The molecule has 0 aliphatic carbocycles. The first-order chi connectivity index (χ1) is 7.68. The van der Waals surface area contributed by atoms with Gasteiger partial charge in [0.05, 0.1) is 0 Å². The maximum atomic E-state index is 13.1. The highest BCUT2D eigenvalue weighted by molar-refractivity contribution is 5.21. The molecule has 1 aromatic carbocycles. The average molecular weight is 226 g/mol. The van der Waals surface area contributed by atoms with Crippen LogP contribution in [0.2, 0.25) is 0 Å².